The van der Waals surface area contributed by atoms with Gasteiger partial charge in [-0.2, -0.15) is 0 Å². The predicted molar refractivity (Wildman–Crippen MR) is 176 cm³/mol. The molecule has 1 N–H and O–H groups in total. The molecule has 0 radical (unpaired) electrons. The molecule has 0 aromatic heterocycles. The zero-order valence-electron chi connectivity index (χ0n) is 27.0. The van der Waals surface area contributed by atoms with E-state index < -0.39 is 23.4 Å². The fourth-order valence-electron chi connectivity index (χ4n) is 7.85. The third kappa shape index (κ3) is 6.03. The molecule has 1 saturated carbocycles. The number of piperidine rings is 1. The van der Waals surface area contributed by atoms with E-state index in [4.69, 9.17) is 14.2 Å². The summed E-state index contributed by atoms with van der Waals surface area (Å²) in [5, 5.41) is 5.12. The van der Waals surface area contributed by atoms with E-state index in [0.29, 0.717) is 24.6 Å². The van der Waals surface area contributed by atoms with E-state index in [1.165, 1.54) is 7.11 Å². The van der Waals surface area contributed by atoms with E-state index in [1.807, 2.05) is 61.5 Å². The number of fused-ring (bicyclic) bond motifs is 2. The maximum atomic E-state index is 14.5. The minimum absolute atomic E-state index is 0.0401. The number of carbonyl (C=O) groups is 3. The highest BCUT2D eigenvalue weighted by Crippen LogP contribution is 2.52. The van der Waals surface area contributed by atoms with Crippen LogP contribution in [0.1, 0.15) is 56.6 Å². The molecule has 1 aliphatic carbocycles. The molecule has 2 fully saturated rings. The summed E-state index contributed by atoms with van der Waals surface area (Å²) < 4.78 is 17.5. The Morgan fingerprint density at radius 2 is 1.70 bits per heavy atom. The highest BCUT2D eigenvalue weighted by Gasteiger charge is 2.60. The smallest absolute Gasteiger partial charge is 0.320 e. The fourth-order valence-corrected chi connectivity index (χ4v) is 7.85. The maximum Gasteiger partial charge on any atom is 0.320 e. The number of benzene rings is 3. The zero-order valence-corrected chi connectivity index (χ0v) is 27.0. The van der Waals surface area contributed by atoms with Crippen LogP contribution in [-0.2, 0) is 36.8 Å². The van der Waals surface area contributed by atoms with Gasteiger partial charge < -0.3 is 24.4 Å². The number of hydrogen-bond acceptors (Lipinski definition) is 6. The number of rotatable bonds is 10. The van der Waals surface area contributed by atoms with Crippen molar-refractivity contribution in [2.75, 3.05) is 20.8 Å². The van der Waals surface area contributed by atoms with Crippen molar-refractivity contribution in [1.82, 2.24) is 10.2 Å². The molecule has 0 unspecified atom stereocenters. The first-order valence-corrected chi connectivity index (χ1v) is 16.5. The topological polar surface area (TPSA) is 94.2 Å². The molecule has 2 heterocycles. The lowest BCUT2D eigenvalue weighted by molar-refractivity contribution is -0.178. The van der Waals surface area contributed by atoms with E-state index in [0.717, 1.165) is 53.3 Å². The lowest BCUT2D eigenvalue weighted by atomic mass is 9.66. The minimum Gasteiger partial charge on any atom is -0.496 e. The van der Waals surface area contributed by atoms with Crippen LogP contribution in [0.3, 0.4) is 0 Å². The molecular weight excluding hydrogens is 580 g/mol. The molecule has 8 nitrogen and oxygen atoms in total. The summed E-state index contributed by atoms with van der Waals surface area (Å²) in [5.74, 6) is -0.451. The van der Waals surface area contributed by atoms with Gasteiger partial charge in [0, 0.05) is 24.6 Å². The first-order chi connectivity index (χ1) is 22.3. The van der Waals surface area contributed by atoms with E-state index >= 15 is 0 Å². The molecular formula is C38H44N2O6. The summed E-state index contributed by atoms with van der Waals surface area (Å²) in [6.07, 6.45) is 6.41. The summed E-state index contributed by atoms with van der Waals surface area (Å²) >= 11 is 0. The number of hydrogen-bond donors (Lipinski definition) is 1. The Labute approximate surface area is 271 Å². The monoisotopic (exact) mass is 624 g/mol. The van der Waals surface area contributed by atoms with Gasteiger partial charge in [0.25, 0.3) is 0 Å². The molecule has 242 valence electrons. The summed E-state index contributed by atoms with van der Waals surface area (Å²) in [4.78, 5) is 43.6. The molecule has 3 aliphatic rings. The summed E-state index contributed by atoms with van der Waals surface area (Å²) in [5.41, 5.74) is 1.40. The second-order valence-electron chi connectivity index (χ2n) is 12.9. The highest BCUT2D eigenvalue weighted by molar-refractivity contribution is 5.93. The lowest BCUT2D eigenvalue weighted by Gasteiger charge is -2.52. The normalized spacial score (nSPS) is 24.8. The van der Waals surface area contributed by atoms with Gasteiger partial charge in [-0.05, 0) is 72.6 Å². The first kappa shape index (κ1) is 31.8. The summed E-state index contributed by atoms with van der Waals surface area (Å²) in [7, 11) is 3.01. The van der Waals surface area contributed by atoms with Crippen LogP contribution in [0.4, 0.5) is 0 Å². The Bertz CT molecular complexity index is 1620. The number of methoxy groups -OCH3 is 2. The summed E-state index contributed by atoms with van der Waals surface area (Å²) in [6, 6.07) is 21.9. The Hall–Kier alpha value is -4.17. The molecule has 3 aromatic carbocycles. The number of amides is 2. The SMILES string of the molecule is COC(=O)[C@]12C[C@H](CC(=O)NCCc3ccccc3OC)C(=O)N(Cc3cccc4ccccc34)C1=C[C@H](C1CCCC1)O[C@@H]2C. The number of likely N-dealkylation sites (tertiary alicyclic amines) is 1. The summed E-state index contributed by atoms with van der Waals surface area (Å²) in [6.45, 7) is 2.60. The molecule has 0 spiro atoms. The zero-order chi connectivity index (χ0) is 32.3. The standard InChI is InChI=1S/C38H44N2O6/c1-25-38(37(43)45-3)23-30(21-35(41)39-20-19-28-14-7-9-18-32(28)44-2)36(42)40(34(38)22-33(46-25)27-12-4-5-13-27)24-29-16-10-15-26-11-6-8-17-31(26)29/h6-11,14-18,22,25,27,30,33H,4-5,12-13,19-21,23-24H2,1-3H3,(H,39,41)/t25-,30+,33-,38+/m1/s1. The van der Waals surface area contributed by atoms with Crippen LogP contribution in [-0.4, -0.2) is 55.7 Å². The number of carbonyl (C=O) groups excluding carboxylic acids is 3. The second kappa shape index (κ2) is 13.7. The van der Waals surface area contributed by atoms with Gasteiger partial charge >= 0.3 is 5.97 Å². The Morgan fingerprint density at radius 1 is 0.978 bits per heavy atom. The van der Waals surface area contributed by atoms with Gasteiger partial charge in [0.2, 0.25) is 11.8 Å². The average Bonchev–Trinajstić information content (AvgIpc) is 3.62. The number of para-hydroxylation sites is 1. The van der Waals surface area contributed by atoms with E-state index in [1.54, 1.807) is 12.0 Å². The van der Waals surface area contributed by atoms with Crippen molar-refractivity contribution in [3.05, 3.63) is 89.6 Å². The maximum absolute atomic E-state index is 14.5. The van der Waals surface area contributed by atoms with Crippen molar-refractivity contribution in [3.8, 4) is 5.75 Å². The molecule has 1 saturated heterocycles. The Kier molecular flexibility index (Phi) is 9.45. The molecule has 3 aromatic rings. The van der Waals surface area contributed by atoms with Crippen molar-refractivity contribution in [1.29, 1.82) is 0 Å². The quantitative estimate of drug-likeness (QED) is 0.280. The van der Waals surface area contributed by atoms with Crippen LogP contribution in [0, 0.1) is 17.3 Å². The van der Waals surface area contributed by atoms with Crippen molar-refractivity contribution in [2.24, 2.45) is 17.3 Å². The van der Waals surface area contributed by atoms with Gasteiger partial charge in [0.05, 0.1) is 33.0 Å². The average molecular weight is 625 g/mol. The number of esters is 1. The Morgan fingerprint density at radius 3 is 2.48 bits per heavy atom. The minimum atomic E-state index is -1.22. The Balaban J connectivity index is 1.32. The van der Waals surface area contributed by atoms with E-state index in [2.05, 4.69) is 23.5 Å². The number of ether oxygens (including phenoxy) is 3. The van der Waals surface area contributed by atoms with Gasteiger partial charge in [0.1, 0.15) is 11.2 Å². The highest BCUT2D eigenvalue weighted by atomic mass is 16.5. The second-order valence-corrected chi connectivity index (χ2v) is 12.9. The van der Waals surface area contributed by atoms with E-state index in [9.17, 15) is 14.4 Å². The lowest BCUT2D eigenvalue weighted by Crippen LogP contribution is -2.60. The van der Waals surface area contributed by atoms with Gasteiger partial charge in [-0.3, -0.25) is 14.4 Å². The van der Waals surface area contributed by atoms with Crippen molar-refractivity contribution >= 4 is 28.6 Å². The molecule has 6 rings (SSSR count). The van der Waals surface area contributed by atoms with Gasteiger partial charge in [-0.25, -0.2) is 0 Å². The molecule has 8 heteroatoms. The fraction of sp³-hybridized carbons (Fsp3) is 0.447. The van der Waals surface area contributed by atoms with Crippen molar-refractivity contribution in [2.45, 2.75) is 70.6 Å². The van der Waals surface area contributed by atoms with Gasteiger partial charge in [-0.1, -0.05) is 73.5 Å². The molecule has 46 heavy (non-hydrogen) atoms. The van der Waals surface area contributed by atoms with Crippen LogP contribution in [0.2, 0.25) is 0 Å². The number of nitrogens with zero attached hydrogens (tertiary/aromatic N) is 1. The third-order valence-corrected chi connectivity index (χ3v) is 10.3. The van der Waals surface area contributed by atoms with Gasteiger partial charge in [0.15, 0.2) is 0 Å². The predicted octanol–water partition coefficient (Wildman–Crippen LogP) is 5.97. The largest absolute Gasteiger partial charge is 0.496 e. The van der Waals surface area contributed by atoms with E-state index in [-0.39, 0.29) is 37.3 Å². The van der Waals surface area contributed by atoms with Crippen LogP contribution < -0.4 is 10.1 Å². The van der Waals surface area contributed by atoms with Crippen LogP contribution in [0.25, 0.3) is 10.8 Å². The molecule has 2 amide bonds. The van der Waals surface area contributed by atoms with Crippen molar-refractivity contribution < 1.29 is 28.6 Å². The van der Waals surface area contributed by atoms with Crippen LogP contribution >= 0.6 is 0 Å². The third-order valence-electron chi connectivity index (χ3n) is 10.3. The van der Waals surface area contributed by atoms with Crippen molar-refractivity contribution in [3.63, 3.8) is 0 Å². The van der Waals surface area contributed by atoms with Gasteiger partial charge in [-0.15, -0.1) is 0 Å². The van der Waals surface area contributed by atoms with Crippen LogP contribution in [0.15, 0.2) is 78.5 Å². The molecule has 0 bridgehead atoms. The molecule has 4 atom stereocenters. The van der Waals surface area contributed by atoms with Crippen LogP contribution in [0.5, 0.6) is 5.75 Å². The first-order valence-electron chi connectivity index (χ1n) is 16.5. The number of nitrogens with one attached hydrogen (secondary N) is 1. The molecule has 2 aliphatic heterocycles.